The van der Waals surface area contributed by atoms with Gasteiger partial charge in [0.15, 0.2) is 0 Å². The average molecular weight is 370 g/mol. The zero-order valence-corrected chi connectivity index (χ0v) is 15.7. The molecule has 7 heteroatoms. The molecule has 0 unspecified atom stereocenters. The van der Waals surface area contributed by atoms with Crippen molar-refractivity contribution in [3.05, 3.63) is 27.1 Å². The molecular formula is C19H22N4O2S. The van der Waals surface area contributed by atoms with E-state index in [1.807, 2.05) is 0 Å². The summed E-state index contributed by atoms with van der Waals surface area (Å²) in [6.07, 6.45) is 7.70. The zero-order chi connectivity index (χ0) is 18.3. The summed E-state index contributed by atoms with van der Waals surface area (Å²) in [5.41, 5.74) is 0.213. The molecule has 136 valence electrons. The van der Waals surface area contributed by atoms with Gasteiger partial charge < -0.3 is 5.32 Å². The number of amides is 1. The second kappa shape index (κ2) is 6.51. The largest absolute Gasteiger partial charge is 0.336 e. The number of aryl methyl sites for hydroxylation is 1. The van der Waals surface area contributed by atoms with Gasteiger partial charge in [-0.15, -0.1) is 11.3 Å². The Morgan fingerprint density at radius 1 is 1.50 bits per heavy atom. The Balaban J connectivity index is 1.61. The lowest BCUT2D eigenvalue weighted by Gasteiger charge is -2.22. The molecule has 0 aromatic carbocycles. The molecule has 0 spiro atoms. The molecule has 2 aromatic heterocycles. The molecular weight excluding hydrogens is 348 g/mol. The van der Waals surface area contributed by atoms with Gasteiger partial charge in [0.05, 0.1) is 17.8 Å². The normalized spacial score (nSPS) is 21.3. The minimum Gasteiger partial charge on any atom is -0.336 e. The van der Waals surface area contributed by atoms with E-state index in [1.54, 1.807) is 11.3 Å². The van der Waals surface area contributed by atoms with Crippen LogP contribution in [0.2, 0.25) is 0 Å². The summed E-state index contributed by atoms with van der Waals surface area (Å²) in [6.45, 7) is 2.14. The predicted octanol–water partition coefficient (Wildman–Crippen LogP) is 2.54. The van der Waals surface area contributed by atoms with Gasteiger partial charge in [0.2, 0.25) is 5.91 Å². The minimum absolute atomic E-state index is 0.0910. The van der Waals surface area contributed by atoms with Crippen LogP contribution in [0.15, 0.2) is 11.1 Å². The fourth-order valence-corrected chi connectivity index (χ4v) is 5.52. The number of hydrogen-bond acceptors (Lipinski definition) is 5. The van der Waals surface area contributed by atoms with Gasteiger partial charge in [-0.1, -0.05) is 6.92 Å². The van der Waals surface area contributed by atoms with Crippen molar-refractivity contribution < 1.29 is 4.79 Å². The molecule has 26 heavy (non-hydrogen) atoms. The van der Waals surface area contributed by atoms with Crippen molar-refractivity contribution in [2.24, 2.45) is 5.92 Å². The number of aromatic nitrogens is 2. The second-order valence-corrected chi connectivity index (χ2v) is 8.74. The molecule has 2 aromatic rings. The molecule has 1 fully saturated rings. The molecule has 0 aliphatic heterocycles. The van der Waals surface area contributed by atoms with E-state index in [0.29, 0.717) is 24.1 Å². The number of carbonyl (C=O) groups is 1. The Bertz CT molecular complexity index is 962. The molecule has 0 bridgehead atoms. The Labute approximate surface area is 155 Å². The molecule has 1 N–H and O–H groups in total. The molecule has 1 amide bonds. The lowest BCUT2D eigenvalue weighted by Crippen LogP contribution is -2.47. The molecule has 1 atom stereocenters. The Morgan fingerprint density at radius 2 is 2.27 bits per heavy atom. The summed E-state index contributed by atoms with van der Waals surface area (Å²) in [5, 5.41) is 12.9. The van der Waals surface area contributed by atoms with Crippen molar-refractivity contribution in [3.8, 4) is 6.07 Å². The van der Waals surface area contributed by atoms with Gasteiger partial charge in [-0.25, -0.2) is 4.98 Å². The fraction of sp³-hybridized carbons (Fsp3) is 0.579. The Hall–Kier alpha value is -2.20. The number of fused-ring (bicyclic) bond motifs is 3. The van der Waals surface area contributed by atoms with Crippen LogP contribution in [0.4, 0.5) is 0 Å². The molecule has 6 nitrogen and oxygen atoms in total. The van der Waals surface area contributed by atoms with Crippen LogP contribution in [0.3, 0.4) is 0 Å². The number of nitrogens with one attached hydrogen (secondary N) is 1. The van der Waals surface area contributed by atoms with Gasteiger partial charge in [-0.05, 0) is 56.4 Å². The van der Waals surface area contributed by atoms with Crippen molar-refractivity contribution in [3.63, 3.8) is 0 Å². The highest BCUT2D eigenvalue weighted by molar-refractivity contribution is 7.18. The van der Waals surface area contributed by atoms with Crippen LogP contribution < -0.4 is 10.9 Å². The summed E-state index contributed by atoms with van der Waals surface area (Å²) < 4.78 is 1.38. The summed E-state index contributed by atoms with van der Waals surface area (Å²) in [5.74, 6) is 0.339. The van der Waals surface area contributed by atoms with Crippen molar-refractivity contribution in [1.29, 1.82) is 5.26 Å². The first-order valence-corrected chi connectivity index (χ1v) is 10.0. The second-order valence-electron chi connectivity index (χ2n) is 7.66. The standard InChI is InChI=1S/C19H22N4O2S/c1-12-4-5-13-14(8-12)26-17-16(13)18(25)23(11-21-17)9-15(24)22-19(10-20)6-2-3-7-19/h11-12H,2-9H2,1H3,(H,22,24)/t12-/m0/s1. The molecule has 1 saturated carbocycles. The van der Waals surface area contributed by atoms with Gasteiger partial charge in [-0.2, -0.15) is 5.26 Å². The number of hydrogen-bond donors (Lipinski definition) is 1. The maximum Gasteiger partial charge on any atom is 0.262 e. The van der Waals surface area contributed by atoms with Crippen LogP contribution >= 0.6 is 11.3 Å². The van der Waals surface area contributed by atoms with E-state index in [1.165, 1.54) is 15.8 Å². The lowest BCUT2D eigenvalue weighted by molar-refractivity contribution is -0.123. The van der Waals surface area contributed by atoms with E-state index in [0.717, 1.165) is 42.5 Å². The number of rotatable bonds is 3. The summed E-state index contributed by atoms with van der Waals surface area (Å²) in [7, 11) is 0. The maximum atomic E-state index is 12.9. The van der Waals surface area contributed by atoms with E-state index >= 15 is 0 Å². The van der Waals surface area contributed by atoms with E-state index < -0.39 is 5.54 Å². The van der Waals surface area contributed by atoms with Crippen LogP contribution in [0.25, 0.3) is 10.2 Å². The SMILES string of the molecule is C[C@H]1CCc2c(sc3ncn(CC(=O)NC4(C#N)CCCC4)c(=O)c23)C1. The Kier molecular flexibility index (Phi) is 4.31. The zero-order valence-electron chi connectivity index (χ0n) is 14.9. The van der Waals surface area contributed by atoms with E-state index in [-0.39, 0.29) is 18.0 Å². The van der Waals surface area contributed by atoms with Gasteiger partial charge in [0.25, 0.3) is 5.56 Å². The minimum atomic E-state index is -0.768. The van der Waals surface area contributed by atoms with Crippen molar-refractivity contribution in [2.45, 2.75) is 64.0 Å². The average Bonchev–Trinajstić information content (AvgIpc) is 3.22. The number of nitriles is 1. The lowest BCUT2D eigenvalue weighted by atomic mass is 9.89. The quantitative estimate of drug-likeness (QED) is 0.899. The molecule has 2 heterocycles. The Morgan fingerprint density at radius 3 is 3.00 bits per heavy atom. The van der Waals surface area contributed by atoms with Gasteiger partial charge >= 0.3 is 0 Å². The predicted molar refractivity (Wildman–Crippen MR) is 100 cm³/mol. The summed E-state index contributed by atoms with van der Waals surface area (Å²) >= 11 is 1.61. The highest BCUT2D eigenvalue weighted by Crippen LogP contribution is 2.35. The third-order valence-corrected chi connectivity index (χ3v) is 6.81. The van der Waals surface area contributed by atoms with E-state index in [4.69, 9.17) is 0 Å². The van der Waals surface area contributed by atoms with Gasteiger partial charge in [-0.3, -0.25) is 14.2 Å². The van der Waals surface area contributed by atoms with Crippen LogP contribution in [0.1, 0.15) is 49.5 Å². The van der Waals surface area contributed by atoms with Crippen molar-refractivity contribution >= 4 is 27.5 Å². The highest BCUT2D eigenvalue weighted by atomic mass is 32.1. The first-order chi connectivity index (χ1) is 12.5. The molecule has 0 radical (unpaired) electrons. The number of carbonyl (C=O) groups excluding carboxylic acids is 1. The summed E-state index contributed by atoms with van der Waals surface area (Å²) in [6, 6.07) is 2.25. The first kappa shape index (κ1) is 17.2. The smallest absolute Gasteiger partial charge is 0.262 e. The first-order valence-electron chi connectivity index (χ1n) is 9.23. The van der Waals surface area contributed by atoms with Crippen LogP contribution in [-0.2, 0) is 24.2 Å². The fourth-order valence-electron chi connectivity index (χ4n) is 4.18. The van der Waals surface area contributed by atoms with Crippen molar-refractivity contribution in [2.75, 3.05) is 0 Å². The summed E-state index contributed by atoms with van der Waals surface area (Å²) in [4.78, 5) is 31.9. The third kappa shape index (κ3) is 2.92. The van der Waals surface area contributed by atoms with Crippen molar-refractivity contribution in [1.82, 2.24) is 14.9 Å². The van der Waals surface area contributed by atoms with E-state index in [2.05, 4.69) is 23.3 Å². The molecule has 2 aliphatic rings. The van der Waals surface area contributed by atoms with Gasteiger partial charge in [0.1, 0.15) is 16.9 Å². The topological polar surface area (TPSA) is 87.8 Å². The highest BCUT2D eigenvalue weighted by Gasteiger charge is 2.35. The number of thiophene rings is 1. The van der Waals surface area contributed by atoms with Crippen LogP contribution in [0.5, 0.6) is 0 Å². The maximum absolute atomic E-state index is 12.9. The van der Waals surface area contributed by atoms with Gasteiger partial charge in [0, 0.05) is 4.88 Å². The number of nitrogens with zero attached hydrogens (tertiary/aromatic N) is 3. The molecule has 0 saturated heterocycles. The third-order valence-electron chi connectivity index (χ3n) is 5.65. The van der Waals surface area contributed by atoms with Crippen LogP contribution in [-0.4, -0.2) is 21.0 Å². The van der Waals surface area contributed by atoms with E-state index in [9.17, 15) is 14.9 Å². The molecule has 4 rings (SSSR count). The monoisotopic (exact) mass is 370 g/mol. The molecule has 2 aliphatic carbocycles. The van der Waals surface area contributed by atoms with Crippen LogP contribution in [0, 0.1) is 17.2 Å².